The van der Waals surface area contributed by atoms with E-state index in [4.69, 9.17) is 8.83 Å². The molecule has 0 aliphatic heterocycles. The van der Waals surface area contributed by atoms with Crippen molar-refractivity contribution in [3.8, 4) is 46.1 Å². The molecule has 0 amide bonds. The van der Waals surface area contributed by atoms with Gasteiger partial charge in [-0.25, -0.2) is 15.0 Å². The highest BCUT2D eigenvalue weighted by atomic mass is 16.4. The number of aromatic nitrogens is 5. The second kappa shape index (κ2) is 6.88. The van der Waals surface area contributed by atoms with Crippen LogP contribution in [0.2, 0.25) is 0 Å². The van der Waals surface area contributed by atoms with E-state index in [0.29, 0.717) is 46.1 Å². The Hall–Kier alpha value is -4.13. The first kappa shape index (κ1) is 16.1. The Bertz CT molecular complexity index is 1120. The van der Waals surface area contributed by atoms with Gasteiger partial charge in [0.2, 0.25) is 11.8 Å². The average molecular weight is 367 g/mol. The third-order valence-electron chi connectivity index (χ3n) is 4.03. The summed E-state index contributed by atoms with van der Waals surface area (Å²) in [4.78, 5) is 21.7. The molecule has 5 heterocycles. The first-order valence-corrected chi connectivity index (χ1v) is 8.59. The molecule has 0 fully saturated rings. The Kier molecular flexibility index (Phi) is 3.95. The summed E-state index contributed by atoms with van der Waals surface area (Å²) >= 11 is 0. The summed E-state index contributed by atoms with van der Waals surface area (Å²) in [7, 11) is 0. The third-order valence-corrected chi connectivity index (χ3v) is 4.03. The van der Waals surface area contributed by atoms with Gasteiger partial charge in [0, 0.05) is 12.4 Å². The zero-order valence-electron chi connectivity index (χ0n) is 14.6. The smallest absolute Gasteiger partial charge is 0.245 e. The van der Waals surface area contributed by atoms with Crippen LogP contribution in [0.3, 0.4) is 0 Å². The summed E-state index contributed by atoms with van der Waals surface area (Å²) in [5.41, 5.74) is 2.62. The molecule has 7 heteroatoms. The maximum atomic E-state index is 5.83. The molecule has 0 spiro atoms. The van der Waals surface area contributed by atoms with Crippen molar-refractivity contribution >= 4 is 0 Å². The number of pyridine rings is 3. The van der Waals surface area contributed by atoms with Gasteiger partial charge in [0.1, 0.15) is 22.8 Å². The number of rotatable bonds is 4. The van der Waals surface area contributed by atoms with Gasteiger partial charge in [0.15, 0.2) is 11.5 Å². The van der Waals surface area contributed by atoms with Crippen LogP contribution in [-0.2, 0) is 0 Å². The topological polar surface area (TPSA) is 90.7 Å². The molecule has 0 radical (unpaired) electrons. The minimum absolute atomic E-state index is 0.444. The Morgan fingerprint density at radius 3 is 1.46 bits per heavy atom. The van der Waals surface area contributed by atoms with Crippen molar-refractivity contribution in [2.75, 3.05) is 0 Å². The van der Waals surface area contributed by atoms with E-state index in [1.807, 2.05) is 54.6 Å². The highest BCUT2D eigenvalue weighted by molar-refractivity contribution is 5.62. The van der Waals surface area contributed by atoms with Crippen molar-refractivity contribution < 1.29 is 8.83 Å². The van der Waals surface area contributed by atoms with E-state index < -0.39 is 0 Å². The monoisotopic (exact) mass is 367 g/mol. The summed E-state index contributed by atoms with van der Waals surface area (Å²) in [6, 6.07) is 16.7. The van der Waals surface area contributed by atoms with Crippen LogP contribution in [-0.4, -0.2) is 24.9 Å². The zero-order chi connectivity index (χ0) is 18.8. The lowest BCUT2D eigenvalue weighted by Crippen LogP contribution is -1.85. The van der Waals surface area contributed by atoms with Crippen molar-refractivity contribution in [2.45, 2.75) is 0 Å². The van der Waals surface area contributed by atoms with Crippen molar-refractivity contribution in [2.24, 2.45) is 0 Å². The van der Waals surface area contributed by atoms with Crippen molar-refractivity contribution in [3.05, 3.63) is 79.4 Å². The fourth-order valence-corrected chi connectivity index (χ4v) is 2.71. The van der Waals surface area contributed by atoms with Gasteiger partial charge in [0.05, 0.1) is 12.4 Å². The molecular weight excluding hydrogens is 354 g/mol. The normalized spacial score (nSPS) is 10.9. The molecule has 0 unspecified atom stereocenters. The van der Waals surface area contributed by atoms with Gasteiger partial charge in [-0.15, -0.1) is 0 Å². The molecule has 0 aliphatic carbocycles. The zero-order valence-corrected chi connectivity index (χ0v) is 14.6. The van der Waals surface area contributed by atoms with Crippen LogP contribution < -0.4 is 0 Å². The Morgan fingerprint density at radius 1 is 0.500 bits per heavy atom. The van der Waals surface area contributed by atoms with Crippen molar-refractivity contribution in [3.63, 3.8) is 0 Å². The van der Waals surface area contributed by atoms with Crippen LogP contribution in [0.4, 0.5) is 0 Å². The molecule has 0 aromatic carbocycles. The van der Waals surface area contributed by atoms with E-state index in [1.165, 1.54) is 0 Å². The van der Waals surface area contributed by atoms with Gasteiger partial charge in [-0.1, -0.05) is 18.2 Å². The van der Waals surface area contributed by atoms with Gasteiger partial charge in [-0.2, -0.15) is 0 Å². The van der Waals surface area contributed by atoms with Crippen LogP contribution in [0.15, 0.2) is 88.2 Å². The predicted octanol–water partition coefficient (Wildman–Crippen LogP) is 4.52. The fourth-order valence-electron chi connectivity index (χ4n) is 2.71. The summed E-state index contributed by atoms with van der Waals surface area (Å²) in [6.45, 7) is 0. The molecule has 0 N–H and O–H groups in total. The standard InChI is InChI=1S/C21H13N5O2/c1-3-10-22-16(6-1)20-24-12-18(27-20)14-8-5-9-15(26-14)19-13-25-21(28-19)17-7-2-4-11-23-17/h1-13H. The van der Waals surface area contributed by atoms with E-state index in [-0.39, 0.29) is 0 Å². The van der Waals surface area contributed by atoms with Gasteiger partial charge < -0.3 is 8.83 Å². The quantitative estimate of drug-likeness (QED) is 0.461. The molecule has 28 heavy (non-hydrogen) atoms. The first-order chi connectivity index (χ1) is 13.9. The summed E-state index contributed by atoms with van der Waals surface area (Å²) in [5, 5.41) is 0. The number of oxazole rings is 2. The van der Waals surface area contributed by atoms with Gasteiger partial charge >= 0.3 is 0 Å². The second-order valence-electron chi connectivity index (χ2n) is 5.90. The molecule has 0 aliphatic rings. The minimum atomic E-state index is 0.444. The SMILES string of the molecule is c1ccc(-c2ncc(-c3cccc(-c4cnc(-c5ccccn5)o4)n3)o2)nc1. The molecule has 0 bridgehead atoms. The lowest BCUT2D eigenvalue weighted by Gasteiger charge is -1.99. The fraction of sp³-hybridized carbons (Fsp3) is 0. The van der Waals surface area contributed by atoms with E-state index in [9.17, 15) is 0 Å². The lowest BCUT2D eigenvalue weighted by molar-refractivity contribution is 0.580. The molecule has 134 valence electrons. The maximum Gasteiger partial charge on any atom is 0.245 e. The maximum absolute atomic E-state index is 5.83. The van der Waals surface area contributed by atoms with Crippen LogP contribution >= 0.6 is 0 Å². The summed E-state index contributed by atoms with van der Waals surface area (Å²) < 4.78 is 11.7. The van der Waals surface area contributed by atoms with E-state index >= 15 is 0 Å². The van der Waals surface area contributed by atoms with Crippen LogP contribution in [0.25, 0.3) is 46.1 Å². The molecule has 7 nitrogen and oxygen atoms in total. The van der Waals surface area contributed by atoms with Gasteiger partial charge in [-0.05, 0) is 36.4 Å². The Labute approximate surface area is 159 Å². The van der Waals surface area contributed by atoms with Crippen molar-refractivity contribution in [1.29, 1.82) is 0 Å². The molecule has 0 atom stereocenters. The molecular formula is C21H13N5O2. The van der Waals surface area contributed by atoms with Gasteiger partial charge in [-0.3, -0.25) is 9.97 Å². The highest BCUT2D eigenvalue weighted by Crippen LogP contribution is 2.27. The van der Waals surface area contributed by atoms with Crippen molar-refractivity contribution in [1.82, 2.24) is 24.9 Å². The van der Waals surface area contributed by atoms with Crippen LogP contribution in [0.1, 0.15) is 0 Å². The van der Waals surface area contributed by atoms with E-state index in [2.05, 4.69) is 24.9 Å². The third kappa shape index (κ3) is 3.05. The minimum Gasteiger partial charge on any atom is -0.433 e. The van der Waals surface area contributed by atoms with E-state index in [0.717, 1.165) is 0 Å². The predicted molar refractivity (Wildman–Crippen MR) is 102 cm³/mol. The number of hydrogen-bond acceptors (Lipinski definition) is 7. The van der Waals surface area contributed by atoms with Crippen LogP contribution in [0, 0.1) is 0 Å². The largest absolute Gasteiger partial charge is 0.433 e. The van der Waals surface area contributed by atoms with Gasteiger partial charge in [0.25, 0.3) is 0 Å². The molecule has 5 rings (SSSR count). The molecule has 0 saturated carbocycles. The molecule has 5 aromatic rings. The molecule has 0 saturated heterocycles. The number of hydrogen-bond donors (Lipinski definition) is 0. The highest BCUT2D eigenvalue weighted by Gasteiger charge is 2.14. The number of nitrogens with zero attached hydrogens (tertiary/aromatic N) is 5. The average Bonchev–Trinajstić information content (AvgIpc) is 3.46. The van der Waals surface area contributed by atoms with Crippen LogP contribution in [0.5, 0.6) is 0 Å². The summed E-state index contributed by atoms with van der Waals surface area (Å²) in [5.74, 6) is 1.98. The Balaban J connectivity index is 1.46. The van der Waals surface area contributed by atoms with E-state index in [1.54, 1.807) is 24.8 Å². The Morgan fingerprint density at radius 2 is 1.00 bits per heavy atom. The molecule has 5 aromatic heterocycles. The first-order valence-electron chi connectivity index (χ1n) is 8.59. The lowest BCUT2D eigenvalue weighted by atomic mass is 10.2. The second-order valence-corrected chi connectivity index (χ2v) is 5.90. The summed E-state index contributed by atoms with van der Waals surface area (Å²) in [6.07, 6.45) is 6.66.